The van der Waals surface area contributed by atoms with Gasteiger partial charge in [0.05, 0.1) is 19.0 Å². The van der Waals surface area contributed by atoms with E-state index in [0.29, 0.717) is 31.0 Å². The van der Waals surface area contributed by atoms with Gasteiger partial charge in [0.2, 0.25) is 15.9 Å². The molecular formula is C14H22ClN3O4S. The molecule has 130 valence electrons. The first-order valence-corrected chi connectivity index (χ1v) is 8.85. The van der Waals surface area contributed by atoms with Gasteiger partial charge in [0.25, 0.3) is 0 Å². The molecule has 0 aliphatic carbocycles. The maximum atomic E-state index is 11.9. The predicted molar refractivity (Wildman–Crippen MR) is 92.6 cm³/mol. The first kappa shape index (κ1) is 19.7. The second-order valence-electron chi connectivity index (χ2n) is 5.06. The van der Waals surface area contributed by atoms with E-state index in [9.17, 15) is 13.2 Å². The van der Waals surface area contributed by atoms with E-state index in [1.165, 1.54) is 0 Å². The van der Waals surface area contributed by atoms with Crippen molar-refractivity contribution in [2.75, 3.05) is 35.6 Å². The molecule has 23 heavy (non-hydrogen) atoms. The Hall–Kier alpha value is -1.35. The average molecular weight is 364 g/mol. The molecule has 0 bridgehead atoms. The van der Waals surface area contributed by atoms with Crippen LogP contribution in [0.5, 0.6) is 0 Å². The lowest BCUT2D eigenvalue weighted by Crippen LogP contribution is -2.43. The fourth-order valence-corrected chi connectivity index (χ4v) is 2.70. The number of sulfonamides is 1. The standard InChI is InChI=1S/C14H21N3O4S.ClH/c1-2-22(19,20)17-12-5-3-11(4-6-12)16-14(18)9-13-10-21-8-7-15-13;/h3-6,13,15,17H,2,7-10H2,1H3,(H,16,18);1H. The fourth-order valence-electron chi connectivity index (χ4n) is 2.06. The summed E-state index contributed by atoms with van der Waals surface area (Å²) in [6, 6.07) is 6.59. The van der Waals surface area contributed by atoms with Crippen molar-refractivity contribution in [2.45, 2.75) is 19.4 Å². The summed E-state index contributed by atoms with van der Waals surface area (Å²) in [7, 11) is -3.29. The van der Waals surface area contributed by atoms with Crippen molar-refractivity contribution < 1.29 is 17.9 Å². The van der Waals surface area contributed by atoms with E-state index in [2.05, 4.69) is 15.4 Å². The minimum absolute atomic E-state index is 0. The molecule has 9 heteroatoms. The first-order chi connectivity index (χ1) is 10.5. The third kappa shape index (κ3) is 6.74. The van der Waals surface area contributed by atoms with Gasteiger partial charge in [-0.25, -0.2) is 8.42 Å². The van der Waals surface area contributed by atoms with Crippen LogP contribution >= 0.6 is 12.4 Å². The molecule has 0 radical (unpaired) electrons. The summed E-state index contributed by atoms with van der Waals surface area (Å²) >= 11 is 0. The van der Waals surface area contributed by atoms with Crippen molar-refractivity contribution in [1.82, 2.24) is 5.32 Å². The maximum absolute atomic E-state index is 11.9. The van der Waals surface area contributed by atoms with Gasteiger partial charge in [0.15, 0.2) is 0 Å². The Balaban J connectivity index is 0.00000264. The topological polar surface area (TPSA) is 96.5 Å². The van der Waals surface area contributed by atoms with Gasteiger partial charge in [0.1, 0.15) is 0 Å². The van der Waals surface area contributed by atoms with Crippen LogP contribution in [0.2, 0.25) is 0 Å². The molecule has 1 unspecified atom stereocenters. The van der Waals surface area contributed by atoms with Crippen LogP contribution in [0.3, 0.4) is 0 Å². The quantitative estimate of drug-likeness (QED) is 0.705. The maximum Gasteiger partial charge on any atom is 0.232 e. The number of hydrogen-bond donors (Lipinski definition) is 3. The number of carbonyl (C=O) groups is 1. The zero-order valence-corrected chi connectivity index (χ0v) is 14.5. The van der Waals surface area contributed by atoms with E-state index in [4.69, 9.17) is 4.74 Å². The van der Waals surface area contributed by atoms with Crippen LogP contribution in [-0.4, -0.2) is 45.9 Å². The van der Waals surface area contributed by atoms with Crippen LogP contribution in [-0.2, 0) is 19.6 Å². The molecule has 1 aliphatic heterocycles. The molecule has 7 nitrogen and oxygen atoms in total. The Kier molecular flexibility index (Phi) is 7.77. The number of rotatable bonds is 6. The summed E-state index contributed by atoms with van der Waals surface area (Å²) in [5.74, 6) is -0.0908. The van der Waals surface area contributed by atoms with Gasteiger partial charge in [-0.1, -0.05) is 0 Å². The summed E-state index contributed by atoms with van der Waals surface area (Å²) in [5.41, 5.74) is 1.10. The van der Waals surface area contributed by atoms with Gasteiger partial charge in [-0.2, -0.15) is 0 Å². The number of benzene rings is 1. The van der Waals surface area contributed by atoms with Gasteiger partial charge in [0, 0.05) is 30.4 Å². The van der Waals surface area contributed by atoms with Crippen LogP contribution in [0.25, 0.3) is 0 Å². The summed E-state index contributed by atoms with van der Waals surface area (Å²) in [6.07, 6.45) is 0.338. The van der Waals surface area contributed by atoms with E-state index in [-0.39, 0.29) is 30.1 Å². The lowest BCUT2D eigenvalue weighted by Gasteiger charge is -2.23. The largest absolute Gasteiger partial charge is 0.378 e. The van der Waals surface area contributed by atoms with Crippen LogP contribution in [0.15, 0.2) is 24.3 Å². The number of hydrogen-bond acceptors (Lipinski definition) is 5. The predicted octanol–water partition coefficient (Wildman–Crippen LogP) is 1.19. The molecule has 1 aliphatic rings. The summed E-state index contributed by atoms with van der Waals surface area (Å²) < 4.78 is 30.7. The van der Waals surface area contributed by atoms with E-state index in [1.54, 1.807) is 31.2 Å². The van der Waals surface area contributed by atoms with Crippen LogP contribution in [0.4, 0.5) is 11.4 Å². The van der Waals surface area contributed by atoms with Crippen molar-refractivity contribution in [3.63, 3.8) is 0 Å². The molecule has 1 aromatic carbocycles. The lowest BCUT2D eigenvalue weighted by atomic mass is 10.2. The van der Waals surface area contributed by atoms with Crippen LogP contribution < -0.4 is 15.4 Å². The molecule has 2 rings (SSSR count). The van der Waals surface area contributed by atoms with E-state index < -0.39 is 10.0 Å². The molecule has 1 saturated heterocycles. The SMILES string of the molecule is CCS(=O)(=O)Nc1ccc(NC(=O)CC2COCCN2)cc1.Cl. The Morgan fingerprint density at radius 3 is 2.52 bits per heavy atom. The molecule has 0 aromatic heterocycles. The zero-order valence-electron chi connectivity index (χ0n) is 12.9. The minimum atomic E-state index is -3.29. The third-order valence-electron chi connectivity index (χ3n) is 3.25. The van der Waals surface area contributed by atoms with Crippen LogP contribution in [0.1, 0.15) is 13.3 Å². The lowest BCUT2D eigenvalue weighted by molar-refractivity contribution is -0.117. The number of carbonyl (C=O) groups excluding carboxylic acids is 1. The highest BCUT2D eigenvalue weighted by molar-refractivity contribution is 7.92. The van der Waals surface area contributed by atoms with Crippen molar-refractivity contribution in [3.05, 3.63) is 24.3 Å². The number of nitrogens with one attached hydrogen (secondary N) is 3. The van der Waals surface area contributed by atoms with Crippen molar-refractivity contribution in [2.24, 2.45) is 0 Å². The van der Waals surface area contributed by atoms with Gasteiger partial charge in [-0.05, 0) is 31.2 Å². The Morgan fingerprint density at radius 1 is 1.30 bits per heavy atom. The van der Waals surface area contributed by atoms with Gasteiger partial charge in [-0.15, -0.1) is 12.4 Å². The molecule has 0 spiro atoms. The molecule has 1 atom stereocenters. The summed E-state index contributed by atoms with van der Waals surface area (Å²) in [6.45, 7) is 3.53. The number of amides is 1. The normalized spacial score (nSPS) is 17.9. The van der Waals surface area contributed by atoms with E-state index in [0.717, 1.165) is 6.54 Å². The monoisotopic (exact) mass is 363 g/mol. The molecule has 1 amide bonds. The fraction of sp³-hybridized carbons (Fsp3) is 0.500. The Morgan fingerprint density at radius 2 is 1.96 bits per heavy atom. The first-order valence-electron chi connectivity index (χ1n) is 7.20. The number of halogens is 1. The van der Waals surface area contributed by atoms with Crippen molar-refractivity contribution >= 4 is 39.7 Å². The van der Waals surface area contributed by atoms with Gasteiger partial charge in [-0.3, -0.25) is 9.52 Å². The second kappa shape index (κ2) is 9.07. The molecule has 1 aromatic rings. The Labute approximate surface area is 142 Å². The minimum Gasteiger partial charge on any atom is -0.378 e. The third-order valence-corrected chi connectivity index (χ3v) is 4.56. The Bertz CT molecular complexity index is 601. The smallest absolute Gasteiger partial charge is 0.232 e. The van der Waals surface area contributed by atoms with Crippen molar-refractivity contribution in [1.29, 1.82) is 0 Å². The van der Waals surface area contributed by atoms with E-state index >= 15 is 0 Å². The molecule has 0 saturated carbocycles. The second-order valence-corrected chi connectivity index (χ2v) is 7.07. The molecule has 1 heterocycles. The highest BCUT2D eigenvalue weighted by Crippen LogP contribution is 2.15. The molecular weight excluding hydrogens is 342 g/mol. The van der Waals surface area contributed by atoms with E-state index in [1.807, 2.05) is 0 Å². The number of anilines is 2. The van der Waals surface area contributed by atoms with Crippen molar-refractivity contribution in [3.8, 4) is 0 Å². The number of ether oxygens (including phenoxy) is 1. The van der Waals surface area contributed by atoms with Gasteiger partial charge >= 0.3 is 0 Å². The summed E-state index contributed by atoms with van der Waals surface area (Å²) in [5, 5.41) is 6.00. The van der Waals surface area contributed by atoms with Gasteiger partial charge < -0.3 is 15.4 Å². The van der Waals surface area contributed by atoms with Crippen LogP contribution in [0, 0.1) is 0 Å². The molecule has 1 fully saturated rings. The highest BCUT2D eigenvalue weighted by atomic mass is 35.5. The highest BCUT2D eigenvalue weighted by Gasteiger charge is 2.16. The average Bonchev–Trinajstić information content (AvgIpc) is 2.50. The zero-order chi connectivity index (χ0) is 16.0. The molecule has 3 N–H and O–H groups in total. The number of morpholine rings is 1. The summed E-state index contributed by atoms with van der Waals surface area (Å²) in [4.78, 5) is 11.9.